The number of rotatable bonds is 3. The van der Waals surface area contributed by atoms with E-state index in [4.69, 9.17) is 9.52 Å². The van der Waals surface area contributed by atoms with Gasteiger partial charge >= 0.3 is 5.97 Å². The molecule has 0 aliphatic carbocycles. The van der Waals surface area contributed by atoms with Gasteiger partial charge < -0.3 is 9.52 Å². The lowest BCUT2D eigenvalue weighted by atomic mass is 9.90. The summed E-state index contributed by atoms with van der Waals surface area (Å²) in [5, 5.41) is 15.0. The highest BCUT2D eigenvalue weighted by atomic mass is 32.1. The smallest absolute Gasteiger partial charge is 0.309 e. The van der Waals surface area contributed by atoms with Crippen LogP contribution in [0.25, 0.3) is 0 Å². The van der Waals surface area contributed by atoms with Gasteiger partial charge in [-0.25, -0.2) is 5.10 Å². The van der Waals surface area contributed by atoms with Crippen molar-refractivity contribution >= 4 is 18.2 Å². The first kappa shape index (κ1) is 9.91. The quantitative estimate of drug-likeness (QED) is 0.724. The van der Waals surface area contributed by atoms with Crippen molar-refractivity contribution in [1.82, 2.24) is 10.2 Å². The van der Waals surface area contributed by atoms with Crippen molar-refractivity contribution in [3.05, 3.63) is 10.7 Å². The number of aromatic amines is 1. The van der Waals surface area contributed by atoms with E-state index < -0.39 is 11.4 Å². The van der Waals surface area contributed by atoms with Crippen molar-refractivity contribution in [2.75, 3.05) is 0 Å². The molecule has 0 unspecified atom stereocenters. The molecule has 0 aliphatic rings. The molecule has 0 fully saturated rings. The summed E-state index contributed by atoms with van der Waals surface area (Å²) in [5.74, 6) is -0.575. The second kappa shape index (κ2) is 3.29. The summed E-state index contributed by atoms with van der Waals surface area (Å²) in [6.07, 6.45) is 0.218. The number of aliphatic carboxylic acids is 1. The zero-order valence-corrected chi connectivity index (χ0v) is 8.14. The van der Waals surface area contributed by atoms with Crippen LogP contribution in [-0.4, -0.2) is 21.3 Å². The molecule has 6 heteroatoms. The molecule has 5 nitrogen and oxygen atoms in total. The Morgan fingerprint density at radius 3 is 2.77 bits per heavy atom. The van der Waals surface area contributed by atoms with Gasteiger partial charge in [-0.2, -0.15) is 0 Å². The van der Waals surface area contributed by atoms with Crippen molar-refractivity contribution in [2.45, 2.75) is 20.3 Å². The summed E-state index contributed by atoms with van der Waals surface area (Å²) in [6.45, 7) is 3.20. The highest BCUT2D eigenvalue weighted by Crippen LogP contribution is 2.20. The maximum atomic E-state index is 10.7. The van der Waals surface area contributed by atoms with E-state index in [0.29, 0.717) is 5.89 Å². The van der Waals surface area contributed by atoms with Crippen molar-refractivity contribution < 1.29 is 14.3 Å². The maximum Gasteiger partial charge on any atom is 0.309 e. The van der Waals surface area contributed by atoms with Crippen LogP contribution in [0, 0.1) is 10.3 Å². The van der Waals surface area contributed by atoms with Crippen molar-refractivity contribution in [3.8, 4) is 0 Å². The first-order valence-corrected chi connectivity index (χ1v) is 4.10. The van der Waals surface area contributed by atoms with E-state index in [9.17, 15) is 4.79 Å². The molecule has 13 heavy (non-hydrogen) atoms. The van der Waals surface area contributed by atoms with Gasteiger partial charge in [0, 0.05) is 6.42 Å². The first-order chi connectivity index (χ1) is 5.92. The fourth-order valence-corrected chi connectivity index (χ4v) is 0.932. The van der Waals surface area contributed by atoms with Crippen molar-refractivity contribution in [1.29, 1.82) is 0 Å². The molecular weight excluding hydrogens is 192 g/mol. The molecule has 1 heterocycles. The third-order valence-electron chi connectivity index (χ3n) is 1.65. The van der Waals surface area contributed by atoms with Gasteiger partial charge in [0.25, 0.3) is 4.84 Å². The van der Waals surface area contributed by atoms with Crippen LogP contribution in [0.3, 0.4) is 0 Å². The van der Waals surface area contributed by atoms with Gasteiger partial charge in [-0.3, -0.25) is 4.79 Å². The van der Waals surface area contributed by atoms with E-state index in [1.165, 1.54) is 0 Å². The molecule has 0 saturated heterocycles. The SMILES string of the molecule is CC(C)(Cc1n[nH]c(=S)o1)C(=O)O. The molecule has 1 aromatic rings. The van der Waals surface area contributed by atoms with Crippen LogP contribution in [0.15, 0.2) is 4.42 Å². The van der Waals surface area contributed by atoms with Gasteiger partial charge in [-0.1, -0.05) is 0 Å². The van der Waals surface area contributed by atoms with E-state index >= 15 is 0 Å². The summed E-state index contributed by atoms with van der Waals surface area (Å²) < 4.78 is 4.95. The third-order valence-corrected chi connectivity index (χ3v) is 1.83. The molecule has 0 bridgehead atoms. The number of aromatic nitrogens is 2. The van der Waals surface area contributed by atoms with Crippen LogP contribution in [0.2, 0.25) is 0 Å². The Kier molecular flexibility index (Phi) is 2.51. The highest BCUT2D eigenvalue weighted by molar-refractivity contribution is 7.71. The fourth-order valence-electron chi connectivity index (χ4n) is 0.790. The van der Waals surface area contributed by atoms with E-state index in [2.05, 4.69) is 22.4 Å². The molecule has 0 aromatic carbocycles. The molecule has 0 spiro atoms. The van der Waals surface area contributed by atoms with Crippen molar-refractivity contribution in [2.24, 2.45) is 5.41 Å². The molecule has 0 aliphatic heterocycles. The normalized spacial score (nSPS) is 11.5. The second-order valence-electron chi connectivity index (χ2n) is 3.37. The zero-order valence-electron chi connectivity index (χ0n) is 7.33. The number of nitrogens with zero attached hydrogens (tertiary/aromatic N) is 1. The second-order valence-corrected chi connectivity index (χ2v) is 3.74. The molecule has 1 rings (SSSR count). The third kappa shape index (κ3) is 2.38. The molecule has 1 aromatic heterocycles. The summed E-state index contributed by atoms with van der Waals surface area (Å²) >= 11 is 4.66. The Morgan fingerprint density at radius 2 is 2.38 bits per heavy atom. The lowest BCUT2D eigenvalue weighted by Gasteiger charge is -2.15. The fraction of sp³-hybridized carbons (Fsp3) is 0.571. The van der Waals surface area contributed by atoms with Gasteiger partial charge in [0.2, 0.25) is 5.89 Å². The Hall–Kier alpha value is -1.17. The van der Waals surface area contributed by atoms with E-state index in [1.807, 2.05) is 0 Å². The molecule has 72 valence electrons. The molecule has 0 saturated carbocycles. The number of carboxylic acids is 1. The standard InChI is InChI=1S/C7H10N2O3S/c1-7(2,5(10)11)3-4-8-9-6(13)12-4/h3H2,1-2H3,(H,9,13)(H,10,11). The Morgan fingerprint density at radius 1 is 1.77 bits per heavy atom. The van der Waals surface area contributed by atoms with Gasteiger partial charge in [0.05, 0.1) is 5.41 Å². The summed E-state index contributed by atoms with van der Waals surface area (Å²) in [4.78, 5) is 10.9. The van der Waals surface area contributed by atoms with E-state index in [0.717, 1.165) is 0 Å². The Bertz CT molecular complexity index is 366. The number of hydrogen-bond donors (Lipinski definition) is 2. The van der Waals surface area contributed by atoms with Crippen molar-refractivity contribution in [3.63, 3.8) is 0 Å². The van der Waals surface area contributed by atoms with E-state index in [1.54, 1.807) is 13.8 Å². The molecule has 0 amide bonds. The minimum Gasteiger partial charge on any atom is -0.481 e. The predicted molar refractivity (Wildman–Crippen MR) is 46.8 cm³/mol. The Labute approximate surface area is 79.8 Å². The van der Waals surface area contributed by atoms with E-state index in [-0.39, 0.29) is 11.3 Å². The van der Waals surface area contributed by atoms with Crippen LogP contribution < -0.4 is 0 Å². The lowest BCUT2D eigenvalue weighted by molar-refractivity contribution is -0.147. The zero-order chi connectivity index (χ0) is 10.1. The van der Waals surface area contributed by atoms with Gasteiger partial charge in [-0.05, 0) is 26.1 Å². The number of nitrogens with one attached hydrogen (secondary N) is 1. The van der Waals surface area contributed by atoms with Crippen LogP contribution in [-0.2, 0) is 11.2 Å². The largest absolute Gasteiger partial charge is 0.481 e. The highest BCUT2D eigenvalue weighted by Gasteiger charge is 2.29. The maximum absolute atomic E-state index is 10.7. The van der Waals surface area contributed by atoms with Crippen LogP contribution in [0.5, 0.6) is 0 Å². The number of hydrogen-bond acceptors (Lipinski definition) is 4. The summed E-state index contributed by atoms with van der Waals surface area (Å²) in [7, 11) is 0. The topological polar surface area (TPSA) is 79.1 Å². The lowest BCUT2D eigenvalue weighted by Crippen LogP contribution is -2.26. The minimum atomic E-state index is -0.892. The van der Waals surface area contributed by atoms with Gasteiger partial charge in [0.1, 0.15) is 0 Å². The molecular formula is C7H10N2O3S. The Balaban J connectivity index is 2.80. The average Bonchev–Trinajstić information content (AvgIpc) is 2.34. The number of carboxylic acid groups (broad SMARTS) is 1. The monoisotopic (exact) mass is 202 g/mol. The minimum absolute atomic E-state index is 0.163. The molecule has 0 atom stereocenters. The van der Waals surface area contributed by atoms with Crippen LogP contribution >= 0.6 is 12.2 Å². The van der Waals surface area contributed by atoms with Crippen LogP contribution in [0.4, 0.5) is 0 Å². The number of H-pyrrole nitrogens is 1. The number of carbonyl (C=O) groups is 1. The van der Waals surface area contributed by atoms with Gasteiger partial charge in [0.15, 0.2) is 0 Å². The molecule has 0 radical (unpaired) electrons. The first-order valence-electron chi connectivity index (χ1n) is 3.69. The summed E-state index contributed by atoms with van der Waals surface area (Å²) in [6, 6.07) is 0. The predicted octanol–water partition coefficient (Wildman–Crippen LogP) is 1.39. The average molecular weight is 202 g/mol. The van der Waals surface area contributed by atoms with Gasteiger partial charge in [-0.15, -0.1) is 5.10 Å². The molecule has 2 N–H and O–H groups in total. The summed E-state index contributed by atoms with van der Waals surface area (Å²) in [5.41, 5.74) is -0.888. The van der Waals surface area contributed by atoms with Crippen LogP contribution in [0.1, 0.15) is 19.7 Å².